The molecule has 0 aliphatic carbocycles. The number of aromatic amines is 1. The lowest BCUT2D eigenvalue weighted by Crippen LogP contribution is -2.37. The SMILES string of the molecule is CC(=O)Nc1cc2c(-c3cc(O[C@H]4CCOC4)c4c(n3)C3(CCOC3)OCC4)c[nH]c2cn1. The summed E-state index contributed by atoms with van der Waals surface area (Å²) in [6.07, 6.45) is 6.05. The fourth-order valence-corrected chi connectivity index (χ4v) is 4.94. The van der Waals surface area contributed by atoms with Crippen molar-refractivity contribution in [3.63, 3.8) is 0 Å². The molecule has 9 nitrogen and oxygen atoms in total. The Morgan fingerprint density at radius 3 is 3.00 bits per heavy atom. The number of anilines is 1. The quantitative estimate of drug-likeness (QED) is 0.629. The number of amides is 1. The fourth-order valence-electron chi connectivity index (χ4n) is 4.94. The van der Waals surface area contributed by atoms with E-state index < -0.39 is 5.60 Å². The molecule has 9 heteroatoms. The van der Waals surface area contributed by atoms with E-state index in [1.54, 1.807) is 6.20 Å². The number of carbonyl (C=O) groups is 1. The smallest absolute Gasteiger partial charge is 0.222 e. The van der Waals surface area contributed by atoms with Crippen LogP contribution in [0.2, 0.25) is 0 Å². The van der Waals surface area contributed by atoms with Gasteiger partial charge in [-0.15, -0.1) is 0 Å². The second kappa shape index (κ2) is 8.09. The van der Waals surface area contributed by atoms with E-state index in [4.69, 9.17) is 23.9 Å². The van der Waals surface area contributed by atoms with Gasteiger partial charge in [0, 0.05) is 61.6 Å². The summed E-state index contributed by atoms with van der Waals surface area (Å²) in [5.74, 6) is 1.17. The van der Waals surface area contributed by atoms with Crippen LogP contribution in [0, 0.1) is 0 Å². The Hall–Kier alpha value is -3.01. The number of hydrogen-bond acceptors (Lipinski definition) is 7. The van der Waals surface area contributed by atoms with Crippen LogP contribution in [-0.4, -0.2) is 60.0 Å². The maximum atomic E-state index is 11.5. The van der Waals surface area contributed by atoms with Crippen molar-refractivity contribution in [1.29, 1.82) is 0 Å². The van der Waals surface area contributed by atoms with E-state index in [0.29, 0.717) is 38.9 Å². The summed E-state index contributed by atoms with van der Waals surface area (Å²) in [5.41, 5.74) is 4.02. The van der Waals surface area contributed by atoms with Crippen molar-refractivity contribution in [2.45, 2.75) is 37.9 Å². The minimum atomic E-state index is -0.539. The standard InChI is InChI=1S/C24H26N4O5/c1-14(29)27-22-8-17-18(10-25-20(17)11-26-22)19-9-21(33-15-2-5-30-12-15)16-3-6-32-24(23(16)28-19)4-7-31-13-24/h8-11,15,25H,2-7,12-13H2,1H3,(H,26,27,29)/t15-,24?/m0/s1. The molecule has 3 aromatic heterocycles. The third kappa shape index (κ3) is 3.66. The van der Waals surface area contributed by atoms with Crippen molar-refractivity contribution in [1.82, 2.24) is 15.0 Å². The number of carbonyl (C=O) groups excluding carboxylic acids is 1. The number of fused-ring (bicyclic) bond motifs is 3. The maximum absolute atomic E-state index is 11.5. The van der Waals surface area contributed by atoms with Gasteiger partial charge in [0.2, 0.25) is 5.91 Å². The third-order valence-corrected chi connectivity index (χ3v) is 6.56. The molecule has 2 fully saturated rings. The van der Waals surface area contributed by atoms with Crippen LogP contribution in [-0.2, 0) is 31.0 Å². The van der Waals surface area contributed by atoms with Crippen LogP contribution in [0.25, 0.3) is 22.2 Å². The highest BCUT2D eigenvalue weighted by atomic mass is 16.6. The topological polar surface area (TPSA) is 108 Å². The fraction of sp³-hybridized carbons (Fsp3) is 0.458. The van der Waals surface area contributed by atoms with E-state index in [1.165, 1.54) is 6.92 Å². The predicted molar refractivity (Wildman–Crippen MR) is 120 cm³/mol. The maximum Gasteiger partial charge on any atom is 0.222 e. The van der Waals surface area contributed by atoms with Crippen molar-refractivity contribution < 1.29 is 23.7 Å². The molecule has 2 saturated heterocycles. The molecule has 0 aromatic carbocycles. The molecule has 172 valence electrons. The predicted octanol–water partition coefficient (Wildman–Crippen LogP) is 2.94. The average molecular weight is 450 g/mol. The minimum Gasteiger partial charge on any atom is -0.487 e. The minimum absolute atomic E-state index is 0.0292. The molecule has 6 heterocycles. The number of nitrogens with zero attached hydrogens (tertiary/aromatic N) is 2. The Morgan fingerprint density at radius 2 is 2.21 bits per heavy atom. The van der Waals surface area contributed by atoms with Crippen LogP contribution in [0.15, 0.2) is 24.5 Å². The van der Waals surface area contributed by atoms with Crippen LogP contribution in [0.1, 0.15) is 31.0 Å². The molecule has 0 bridgehead atoms. The molecule has 3 aliphatic rings. The summed E-state index contributed by atoms with van der Waals surface area (Å²) in [4.78, 5) is 24.2. The zero-order chi connectivity index (χ0) is 22.4. The molecule has 33 heavy (non-hydrogen) atoms. The molecule has 1 amide bonds. The van der Waals surface area contributed by atoms with Gasteiger partial charge in [0.05, 0.1) is 49.5 Å². The molecule has 3 aromatic rings. The highest BCUT2D eigenvalue weighted by Crippen LogP contribution is 2.44. The number of rotatable bonds is 4. The van der Waals surface area contributed by atoms with Crippen molar-refractivity contribution in [3.8, 4) is 17.0 Å². The van der Waals surface area contributed by atoms with Gasteiger partial charge in [0.25, 0.3) is 0 Å². The van der Waals surface area contributed by atoms with Crippen LogP contribution in [0.5, 0.6) is 5.75 Å². The highest BCUT2D eigenvalue weighted by Gasteiger charge is 2.44. The lowest BCUT2D eigenvalue weighted by atomic mass is 9.89. The van der Waals surface area contributed by atoms with Crippen molar-refractivity contribution in [2.24, 2.45) is 0 Å². The van der Waals surface area contributed by atoms with Gasteiger partial charge in [-0.25, -0.2) is 9.97 Å². The summed E-state index contributed by atoms with van der Waals surface area (Å²) in [6.45, 7) is 4.54. The molecule has 0 radical (unpaired) electrons. The van der Waals surface area contributed by atoms with E-state index in [-0.39, 0.29) is 12.0 Å². The number of H-pyrrole nitrogens is 1. The van der Waals surface area contributed by atoms with Gasteiger partial charge >= 0.3 is 0 Å². The molecular weight excluding hydrogens is 424 g/mol. The van der Waals surface area contributed by atoms with Crippen LogP contribution < -0.4 is 10.1 Å². The molecule has 2 atom stereocenters. The first-order valence-electron chi connectivity index (χ1n) is 11.4. The largest absolute Gasteiger partial charge is 0.487 e. The molecule has 6 rings (SSSR count). The van der Waals surface area contributed by atoms with E-state index in [0.717, 1.165) is 58.4 Å². The number of hydrogen-bond donors (Lipinski definition) is 2. The van der Waals surface area contributed by atoms with E-state index in [2.05, 4.69) is 15.3 Å². The van der Waals surface area contributed by atoms with E-state index in [9.17, 15) is 4.79 Å². The first-order valence-corrected chi connectivity index (χ1v) is 11.4. The summed E-state index contributed by atoms with van der Waals surface area (Å²) in [5, 5.41) is 3.68. The normalized spacial score (nSPS) is 24.3. The lowest BCUT2D eigenvalue weighted by molar-refractivity contribution is -0.114. The van der Waals surface area contributed by atoms with Crippen molar-refractivity contribution in [3.05, 3.63) is 35.8 Å². The zero-order valence-electron chi connectivity index (χ0n) is 18.5. The molecule has 1 unspecified atom stereocenters. The molecule has 0 saturated carbocycles. The number of pyridine rings is 2. The first kappa shape index (κ1) is 20.6. The number of nitrogens with one attached hydrogen (secondary N) is 2. The molecule has 1 spiro atoms. The number of ether oxygens (including phenoxy) is 4. The summed E-state index contributed by atoms with van der Waals surface area (Å²) < 4.78 is 24.0. The summed E-state index contributed by atoms with van der Waals surface area (Å²) >= 11 is 0. The van der Waals surface area contributed by atoms with Gasteiger partial charge in [0.15, 0.2) is 0 Å². The van der Waals surface area contributed by atoms with Crippen molar-refractivity contribution >= 4 is 22.6 Å². The van der Waals surface area contributed by atoms with E-state index in [1.807, 2.05) is 18.3 Å². The Bertz CT molecular complexity index is 1210. The van der Waals surface area contributed by atoms with Crippen LogP contribution >= 0.6 is 0 Å². The summed E-state index contributed by atoms with van der Waals surface area (Å²) in [7, 11) is 0. The molecule has 3 aliphatic heterocycles. The molecule has 2 N–H and O–H groups in total. The van der Waals surface area contributed by atoms with Crippen LogP contribution in [0.4, 0.5) is 5.82 Å². The molecular formula is C24H26N4O5. The third-order valence-electron chi connectivity index (χ3n) is 6.56. The lowest BCUT2D eigenvalue weighted by Gasteiger charge is -2.35. The Morgan fingerprint density at radius 1 is 1.27 bits per heavy atom. The average Bonchev–Trinajstić information content (AvgIpc) is 3.55. The Balaban J connectivity index is 1.50. The van der Waals surface area contributed by atoms with Gasteiger partial charge in [-0.05, 0) is 6.07 Å². The van der Waals surface area contributed by atoms with Gasteiger partial charge in [0.1, 0.15) is 23.3 Å². The second-order valence-electron chi connectivity index (χ2n) is 8.83. The Labute approximate surface area is 190 Å². The zero-order valence-corrected chi connectivity index (χ0v) is 18.5. The monoisotopic (exact) mass is 450 g/mol. The van der Waals surface area contributed by atoms with E-state index >= 15 is 0 Å². The van der Waals surface area contributed by atoms with Crippen molar-refractivity contribution in [2.75, 3.05) is 38.4 Å². The number of aromatic nitrogens is 3. The Kier molecular flexibility index (Phi) is 5.05. The van der Waals surface area contributed by atoms with Gasteiger partial charge < -0.3 is 29.2 Å². The second-order valence-corrected chi connectivity index (χ2v) is 8.83. The van der Waals surface area contributed by atoms with Crippen LogP contribution in [0.3, 0.4) is 0 Å². The first-order chi connectivity index (χ1) is 16.1. The van der Waals surface area contributed by atoms with Gasteiger partial charge in [-0.1, -0.05) is 0 Å². The summed E-state index contributed by atoms with van der Waals surface area (Å²) in [6, 6.07) is 3.88. The van der Waals surface area contributed by atoms with Gasteiger partial charge in [-0.3, -0.25) is 4.79 Å². The highest BCUT2D eigenvalue weighted by molar-refractivity contribution is 5.97. The van der Waals surface area contributed by atoms with Gasteiger partial charge in [-0.2, -0.15) is 0 Å².